The molecule has 0 radical (unpaired) electrons. The van der Waals surface area contributed by atoms with E-state index in [0.717, 1.165) is 16.3 Å². The summed E-state index contributed by atoms with van der Waals surface area (Å²) in [5.74, 6) is 0. The van der Waals surface area contributed by atoms with Gasteiger partial charge in [0.1, 0.15) is 5.69 Å². The van der Waals surface area contributed by atoms with Crippen LogP contribution in [-0.2, 0) is 0 Å². The highest BCUT2D eigenvalue weighted by Crippen LogP contribution is 2.29. The van der Waals surface area contributed by atoms with Gasteiger partial charge in [0.05, 0.1) is 0 Å². The van der Waals surface area contributed by atoms with E-state index in [-0.39, 0.29) is 0 Å². The minimum atomic E-state index is 0.394. The maximum atomic E-state index is 6.06. The number of rotatable bonds is 1. The number of pyridine rings is 1. The van der Waals surface area contributed by atoms with Crippen LogP contribution in [0.15, 0.2) is 49.1 Å². The fourth-order valence-corrected chi connectivity index (χ4v) is 2.01. The smallest absolute Gasteiger partial charge is 0.155 e. The number of benzene rings is 1. The topological polar surface area (TPSA) is 38.7 Å². The van der Waals surface area contributed by atoms with Crippen molar-refractivity contribution in [3.63, 3.8) is 0 Å². The summed E-state index contributed by atoms with van der Waals surface area (Å²) in [6.45, 7) is 0. The summed E-state index contributed by atoms with van der Waals surface area (Å²) < 4.78 is 0. The van der Waals surface area contributed by atoms with Gasteiger partial charge >= 0.3 is 0 Å². The standard InChI is InChI=1S/C13H8ClN3/c14-13-12(16-5-6-17-13)11-8-15-7-9-3-1-2-4-10(9)11/h1-8H. The molecule has 0 saturated carbocycles. The quantitative estimate of drug-likeness (QED) is 0.656. The molecule has 3 aromatic rings. The van der Waals surface area contributed by atoms with Gasteiger partial charge in [-0.05, 0) is 5.39 Å². The van der Waals surface area contributed by atoms with E-state index < -0.39 is 0 Å². The van der Waals surface area contributed by atoms with Gasteiger partial charge in [-0.3, -0.25) is 9.97 Å². The average Bonchev–Trinajstić information content (AvgIpc) is 2.39. The number of hydrogen-bond donors (Lipinski definition) is 0. The molecule has 17 heavy (non-hydrogen) atoms. The molecular formula is C13H8ClN3. The Bertz CT molecular complexity index is 677. The minimum Gasteiger partial charge on any atom is -0.263 e. The summed E-state index contributed by atoms with van der Waals surface area (Å²) in [7, 11) is 0. The molecule has 0 atom stereocenters. The van der Waals surface area contributed by atoms with Crippen molar-refractivity contribution in [2.24, 2.45) is 0 Å². The van der Waals surface area contributed by atoms with E-state index in [9.17, 15) is 0 Å². The van der Waals surface area contributed by atoms with Crippen LogP contribution in [0, 0.1) is 0 Å². The van der Waals surface area contributed by atoms with Crippen LogP contribution in [0.4, 0.5) is 0 Å². The second-order valence-corrected chi connectivity index (χ2v) is 3.96. The monoisotopic (exact) mass is 241 g/mol. The SMILES string of the molecule is Clc1nccnc1-c1cncc2ccccc12. The first-order chi connectivity index (χ1) is 8.36. The predicted octanol–water partition coefficient (Wildman–Crippen LogP) is 3.35. The molecule has 0 aliphatic heterocycles. The fraction of sp³-hybridized carbons (Fsp3) is 0. The van der Waals surface area contributed by atoms with Crippen molar-refractivity contribution in [2.45, 2.75) is 0 Å². The zero-order valence-electron chi connectivity index (χ0n) is 8.84. The maximum Gasteiger partial charge on any atom is 0.155 e. The Morgan fingerprint density at radius 3 is 2.65 bits per heavy atom. The zero-order chi connectivity index (χ0) is 11.7. The Morgan fingerprint density at radius 1 is 0.941 bits per heavy atom. The molecule has 0 saturated heterocycles. The van der Waals surface area contributed by atoms with Gasteiger partial charge in [0.2, 0.25) is 0 Å². The molecule has 0 amide bonds. The average molecular weight is 242 g/mol. The Hall–Kier alpha value is -2.00. The third kappa shape index (κ3) is 1.74. The number of aromatic nitrogens is 3. The predicted molar refractivity (Wildman–Crippen MR) is 67.8 cm³/mol. The summed E-state index contributed by atoms with van der Waals surface area (Å²) >= 11 is 6.06. The Kier molecular flexibility index (Phi) is 2.46. The molecule has 0 bridgehead atoms. The van der Waals surface area contributed by atoms with Crippen LogP contribution < -0.4 is 0 Å². The molecule has 3 nitrogen and oxygen atoms in total. The van der Waals surface area contributed by atoms with E-state index >= 15 is 0 Å². The fourth-order valence-electron chi connectivity index (χ4n) is 1.81. The molecule has 0 fully saturated rings. The molecule has 3 rings (SSSR count). The molecule has 0 N–H and O–H groups in total. The number of halogens is 1. The molecule has 2 aromatic heterocycles. The second-order valence-electron chi connectivity index (χ2n) is 3.60. The van der Waals surface area contributed by atoms with Crippen LogP contribution in [0.1, 0.15) is 0 Å². The molecule has 0 unspecified atom stereocenters. The number of nitrogens with zero attached hydrogens (tertiary/aromatic N) is 3. The lowest BCUT2D eigenvalue weighted by atomic mass is 10.1. The molecular weight excluding hydrogens is 234 g/mol. The normalized spacial score (nSPS) is 10.6. The molecule has 1 aromatic carbocycles. The summed E-state index contributed by atoms with van der Waals surface area (Å²) in [6, 6.07) is 8.00. The van der Waals surface area contributed by atoms with Crippen LogP contribution in [-0.4, -0.2) is 15.0 Å². The van der Waals surface area contributed by atoms with Crippen molar-refractivity contribution in [2.75, 3.05) is 0 Å². The third-order valence-corrected chi connectivity index (χ3v) is 2.85. The van der Waals surface area contributed by atoms with Crippen LogP contribution in [0.25, 0.3) is 22.0 Å². The van der Waals surface area contributed by atoms with Gasteiger partial charge in [0, 0.05) is 35.7 Å². The van der Waals surface area contributed by atoms with E-state index in [1.807, 2.05) is 30.5 Å². The van der Waals surface area contributed by atoms with Gasteiger partial charge in [0.25, 0.3) is 0 Å². The van der Waals surface area contributed by atoms with Gasteiger partial charge in [-0.25, -0.2) is 4.98 Å². The number of hydrogen-bond acceptors (Lipinski definition) is 3. The largest absolute Gasteiger partial charge is 0.263 e. The Morgan fingerprint density at radius 2 is 1.76 bits per heavy atom. The van der Waals surface area contributed by atoms with Crippen molar-refractivity contribution >= 4 is 22.4 Å². The number of fused-ring (bicyclic) bond motifs is 1. The summed E-state index contributed by atoms with van der Waals surface area (Å²) in [5.41, 5.74) is 1.57. The molecule has 0 aliphatic rings. The van der Waals surface area contributed by atoms with Crippen molar-refractivity contribution in [1.29, 1.82) is 0 Å². The lowest BCUT2D eigenvalue weighted by Crippen LogP contribution is -1.89. The lowest BCUT2D eigenvalue weighted by Gasteiger charge is -2.05. The van der Waals surface area contributed by atoms with Gasteiger partial charge in [0.15, 0.2) is 5.15 Å². The van der Waals surface area contributed by atoms with E-state index in [1.165, 1.54) is 0 Å². The van der Waals surface area contributed by atoms with Crippen LogP contribution >= 0.6 is 11.6 Å². The Balaban J connectivity index is 2.35. The third-order valence-electron chi connectivity index (χ3n) is 2.58. The van der Waals surface area contributed by atoms with Crippen molar-refractivity contribution in [3.8, 4) is 11.3 Å². The van der Waals surface area contributed by atoms with Crippen LogP contribution in [0.3, 0.4) is 0 Å². The molecule has 2 heterocycles. The van der Waals surface area contributed by atoms with E-state index in [0.29, 0.717) is 10.8 Å². The minimum absolute atomic E-state index is 0.394. The van der Waals surface area contributed by atoms with Crippen LogP contribution in [0.2, 0.25) is 5.15 Å². The van der Waals surface area contributed by atoms with Gasteiger partial charge in [-0.2, -0.15) is 0 Å². The van der Waals surface area contributed by atoms with Crippen molar-refractivity contribution < 1.29 is 0 Å². The second kappa shape index (κ2) is 4.11. The van der Waals surface area contributed by atoms with E-state index in [4.69, 9.17) is 11.6 Å². The lowest BCUT2D eigenvalue weighted by molar-refractivity contribution is 1.20. The Labute approximate surface area is 103 Å². The van der Waals surface area contributed by atoms with E-state index in [1.54, 1.807) is 18.6 Å². The van der Waals surface area contributed by atoms with Crippen molar-refractivity contribution in [3.05, 3.63) is 54.2 Å². The summed E-state index contributed by atoms with van der Waals surface area (Å²) in [5, 5.41) is 2.53. The highest BCUT2D eigenvalue weighted by molar-refractivity contribution is 6.32. The van der Waals surface area contributed by atoms with Gasteiger partial charge in [-0.1, -0.05) is 35.9 Å². The van der Waals surface area contributed by atoms with Gasteiger partial charge < -0.3 is 0 Å². The van der Waals surface area contributed by atoms with Crippen LogP contribution in [0.5, 0.6) is 0 Å². The summed E-state index contributed by atoms with van der Waals surface area (Å²) in [4.78, 5) is 12.5. The van der Waals surface area contributed by atoms with Gasteiger partial charge in [-0.15, -0.1) is 0 Å². The highest BCUT2D eigenvalue weighted by atomic mass is 35.5. The first kappa shape index (κ1) is 10.2. The molecule has 0 aliphatic carbocycles. The molecule has 4 heteroatoms. The highest BCUT2D eigenvalue weighted by Gasteiger charge is 2.09. The molecule has 82 valence electrons. The molecule has 0 spiro atoms. The van der Waals surface area contributed by atoms with Crippen molar-refractivity contribution in [1.82, 2.24) is 15.0 Å². The van der Waals surface area contributed by atoms with E-state index in [2.05, 4.69) is 15.0 Å². The summed E-state index contributed by atoms with van der Waals surface area (Å²) in [6.07, 6.45) is 6.79. The first-order valence-corrected chi connectivity index (χ1v) is 5.53. The zero-order valence-corrected chi connectivity index (χ0v) is 9.59. The maximum absolute atomic E-state index is 6.06. The first-order valence-electron chi connectivity index (χ1n) is 5.16.